The lowest BCUT2D eigenvalue weighted by Crippen LogP contribution is -2.34. The number of aromatic nitrogens is 4. The highest BCUT2D eigenvalue weighted by molar-refractivity contribution is 9.10. The third-order valence-electron chi connectivity index (χ3n) is 5.54. The minimum Gasteiger partial charge on any atom is -0.491 e. The van der Waals surface area contributed by atoms with E-state index in [9.17, 15) is 10.2 Å². The molecule has 1 saturated heterocycles. The van der Waals surface area contributed by atoms with Gasteiger partial charge in [-0.2, -0.15) is 0 Å². The molecule has 0 bridgehead atoms. The molecule has 4 aromatic rings. The Kier molecular flexibility index (Phi) is 5.33. The molecule has 0 amide bonds. The highest BCUT2D eigenvalue weighted by Crippen LogP contribution is 2.36. The zero-order valence-corrected chi connectivity index (χ0v) is 18.6. The summed E-state index contributed by atoms with van der Waals surface area (Å²) in [6.07, 6.45) is -0.903. The van der Waals surface area contributed by atoms with Crippen LogP contribution in [-0.2, 0) is 4.74 Å². The van der Waals surface area contributed by atoms with Crippen LogP contribution in [0.25, 0.3) is 21.9 Å². The average Bonchev–Trinajstić information content (AvgIpc) is 3.28. The minimum absolute atomic E-state index is 0.0451. The smallest absolute Gasteiger partial charge is 0.164 e. The lowest BCUT2D eigenvalue weighted by Gasteiger charge is -2.17. The maximum absolute atomic E-state index is 10.7. The first kappa shape index (κ1) is 20.9. The summed E-state index contributed by atoms with van der Waals surface area (Å²) < 4.78 is 14.1. The normalized spacial score (nSPS) is 23.1. The maximum atomic E-state index is 10.7. The number of fused-ring (bicyclic) bond motifs is 2. The molecule has 11 heteroatoms. The van der Waals surface area contributed by atoms with Crippen LogP contribution in [0.15, 0.2) is 47.3 Å². The zero-order valence-electron chi connectivity index (χ0n) is 17.0. The Labute approximate surface area is 191 Å². The molecule has 166 valence electrons. The fourth-order valence-corrected chi connectivity index (χ4v) is 4.46. The standard InChI is InChI=1S/C21H21BrN6O4/c1-24-15-5-3-10-2-4-11(6-13(10)27-15)31-8-14-17(29)18(30)21(32-14)28-7-12(22)16-19(23)25-9-26-20(16)28/h2-7,9,14,17-18,21,29-30H,8H2,1H3,(H,24,27)(H2,23,25,26)/t14-,17-,18-,21-/m1/s1. The number of hydrogen-bond acceptors (Lipinski definition) is 9. The van der Waals surface area contributed by atoms with Gasteiger partial charge in [0.1, 0.15) is 54.3 Å². The first-order valence-corrected chi connectivity index (χ1v) is 10.7. The number of benzene rings is 1. The van der Waals surface area contributed by atoms with E-state index in [1.165, 1.54) is 6.33 Å². The molecule has 4 heterocycles. The number of aliphatic hydroxyl groups is 2. The van der Waals surface area contributed by atoms with Crippen molar-refractivity contribution in [3.05, 3.63) is 47.3 Å². The molecule has 1 aliphatic rings. The molecule has 0 aliphatic carbocycles. The number of aliphatic hydroxyl groups excluding tert-OH is 2. The number of nitrogens with one attached hydrogen (secondary N) is 1. The molecule has 0 radical (unpaired) electrons. The monoisotopic (exact) mass is 500 g/mol. The first-order chi connectivity index (χ1) is 15.5. The van der Waals surface area contributed by atoms with Gasteiger partial charge in [-0.3, -0.25) is 0 Å². The van der Waals surface area contributed by atoms with Crippen molar-refractivity contribution in [2.24, 2.45) is 0 Å². The van der Waals surface area contributed by atoms with E-state index in [0.29, 0.717) is 27.1 Å². The van der Waals surface area contributed by atoms with Crippen molar-refractivity contribution >= 4 is 49.5 Å². The molecule has 1 fully saturated rings. The van der Waals surface area contributed by atoms with Crippen LogP contribution in [0.5, 0.6) is 5.75 Å². The second-order valence-corrected chi connectivity index (χ2v) is 8.35. The molecular weight excluding hydrogens is 480 g/mol. The van der Waals surface area contributed by atoms with Crippen molar-refractivity contribution in [1.82, 2.24) is 19.5 Å². The van der Waals surface area contributed by atoms with Crippen LogP contribution in [0.2, 0.25) is 0 Å². The van der Waals surface area contributed by atoms with E-state index < -0.39 is 24.5 Å². The summed E-state index contributed by atoms with van der Waals surface area (Å²) >= 11 is 3.44. The van der Waals surface area contributed by atoms with Crippen molar-refractivity contribution < 1.29 is 19.7 Å². The van der Waals surface area contributed by atoms with E-state index >= 15 is 0 Å². The van der Waals surface area contributed by atoms with Crippen LogP contribution >= 0.6 is 15.9 Å². The van der Waals surface area contributed by atoms with Crippen molar-refractivity contribution in [3.63, 3.8) is 0 Å². The van der Waals surface area contributed by atoms with Crippen molar-refractivity contribution in [1.29, 1.82) is 0 Å². The molecule has 1 aromatic carbocycles. The van der Waals surface area contributed by atoms with E-state index in [1.807, 2.05) is 37.4 Å². The number of anilines is 2. The summed E-state index contributed by atoms with van der Waals surface area (Å²) in [7, 11) is 1.81. The van der Waals surface area contributed by atoms with Crippen LogP contribution in [-0.4, -0.2) is 61.7 Å². The number of halogens is 1. The van der Waals surface area contributed by atoms with Crippen molar-refractivity contribution in [3.8, 4) is 5.75 Å². The lowest BCUT2D eigenvalue weighted by molar-refractivity contribution is -0.0472. The fourth-order valence-electron chi connectivity index (χ4n) is 3.86. The topological polar surface area (TPSA) is 141 Å². The van der Waals surface area contributed by atoms with Gasteiger partial charge in [0.25, 0.3) is 0 Å². The van der Waals surface area contributed by atoms with E-state index in [4.69, 9.17) is 15.2 Å². The summed E-state index contributed by atoms with van der Waals surface area (Å²) in [6, 6.07) is 9.43. The number of nitrogens with zero attached hydrogens (tertiary/aromatic N) is 4. The van der Waals surface area contributed by atoms with E-state index in [-0.39, 0.29) is 6.61 Å². The Morgan fingerprint density at radius 1 is 1.22 bits per heavy atom. The van der Waals surface area contributed by atoms with Gasteiger partial charge in [-0.25, -0.2) is 15.0 Å². The maximum Gasteiger partial charge on any atom is 0.164 e. The van der Waals surface area contributed by atoms with E-state index in [1.54, 1.807) is 10.8 Å². The quantitative estimate of drug-likeness (QED) is 0.324. The third-order valence-corrected chi connectivity index (χ3v) is 6.14. The van der Waals surface area contributed by atoms with Crippen molar-refractivity contribution in [2.45, 2.75) is 24.5 Å². The minimum atomic E-state index is -1.18. The van der Waals surface area contributed by atoms with Gasteiger partial charge < -0.3 is 35.3 Å². The van der Waals surface area contributed by atoms with E-state index in [2.05, 4.69) is 36.2 Å². The van der Waals surface area contributed by atoms with Gasteiger partial charge >= 0.3 is 0 Å². The number of pyridine rings is 1. The summed E-state index contributed by atoms with van der Waals surface area (Å²) in [5, 5.41) is 25.8. The Bertz CT molecular complexity index is 1300. The molecular formula is C21H21BrN6O4. The predicted octanol–water partition coefficient (Wildman–Crippen LogP) is 2.06. The lowest BCUT2D eigenvalue weighted by atomic mass is 10.1. The zero-order chi connectivity index (χ0) is 22.4. The van der Waals surface area contributed by atoms with Gasteiger partial charge in [-0.15, -0.1) is 0 Å². The molecule has 5 rings (SSSR count). The number of nitrogen functional groups attached to an aromatic ring is 1. The first-order valence-electron chi connectivity index (χ1n) is 9.95. The molecule has 0 unspecified atom stereocenters. The second kappa shape index (κ2) is 8.17. The number of ether oxygens (including phenoxy) is 2. The summed E-state index contributed by atoms with van der Waals surface area (Å²) in [6.45, 7) is 0.0451. The van der Waals surface area contributed by atoms with Crippen LogP contribution in [0.4, 0.5) is 11.6 Å². The summed E-state index contributed by atoms with van der Waals surface area (Å²) in [5.74, 6) is 1.64. The molecule has 4 atom stereocenters. The van der Waals surface area contributed by atoms with Gasteiger partial charge in [0.2, 0.25) is 0 Å². The van der Waals surface area contributed by atoms with Crippen LogP contribution < -0.4 is 15.8 Å². The average molecular weight is 501 g/mol. The van der Waals surface area contributed by atoms with E-state index in [0.717, 1.165) is 16.7 Å². The second-order valence-electron chi connectivity index (χ2n) is 7.50. The molecule has 10 nitrogen and oxygen atoms in total. The third kappa shape index (κ3) is 3.52. The fraction of sp³-hybridized carbons (Fsp3) is 0.286. The Morgan fingerprint density at radius 2 is 2.03 bits per heavy atom. The largest absolute Gasteiger partial charge is 0.491 e. The van der Waals surface area contributed by atoms with Crippen molar-refractivity contribution in [2.75, 3.05) is 24.7 Å². The number of hydrogen-bond donors (Lipinski definition) is 4. The number of nitrogens with two attached hydrogens (primary N) is 1. The van der Waals surface area contributed by atoms with Gasteiger partial charge in [0.15, 0.2) is 6.23 Å². The number of rotatable bonds is 5. The predicted molar refractivity (Wildman–Crippen MR) is 122 cm³/mol. The molecule has 1 aliphatic heterocycles. The van der Waals surface area contributed by atoms with Crippen LogP contribution in [0.3, 0.4) is 0 Å². The Balaban J connectivity index is 1.35. The molecule has 0 spiro atoms. The summed E-state index contributed by atoms with van der Waals surface area (Å²) in [4.78, 5) is 12.8. The molecule has 3 aromatic heterocycles. The van der Waals surface area contributed by atoms with Gasteiger partial charge in [0, 0.05) is 29.2 Å². The van der Waals surface area contributed by atoms with Crippen LogP contribution in [0.1, 0.15) is 6.23 Å². The Morgan fingerprint density at radius 3 is 2.84 bits per heavy atom. The SMILES string of the molecule is CNc1ccc2ccc(OC[C@H]3O[C@@H](n4cc(Br)c5c(N)ncnc54)[C@H](O)[C@@H]3O)cc2n1. The highest BCUT2D eigenvalue weighted by Gasteiger charge is 2.44. The molecule has 5 N–H and O–H groups in total. The van der Waals surface area contributed by atoms with Gasteiger partial charge in [-0.1, -0.05) is 0 Å². The van der Waals surface area contributed by atoms with Crippen LogP contribution in [0, 0.1) is 0 Å². The summed E-state index contributed by atoms with van der Waals surface area (Å²) in [5.41, 5.74) is 7.22. The van der Waals surface area contributed by atoms with Gasteiger partial charge in [-0.05, 0) is 40.2 Å². The van der Waals surface area contributed by atoms with Gasteiger partial charge in [0.05, 0.1) is 10.9 Å². The highest BCUT2D eigenvalue weighted by atomic mass is 79.9. The molecule has 32 heavy (non-hydrogen) atoms. The Hall–Kier alpha value is -2.99. The molecule has 0 saturated carbocycles.